The average Bonchev–Trinajstić information content (AvgIpc) is 3.06. The largest absolute Gasteiger partial charge is 0.348 e. The predicted octanol–water partition coefficient (Wildman–Crippen LogP) is 3.24. The Morgan fingerprint density at radius 1 is 1.03 bits per heavy atom. The summed E-state index contributed by atoms with van der Waals surface area (Å²) in [6.45, 7) is 2.31. The third-order valence-corrected chi connectivity index (χ3v) is 6.79. The van der Waals surface area contributed by atoms with E-state index in [0.29, 0.717) is 17.8 Å². The van der Waals surface area contributed by atoms with Crippen molar-refractivity contribution in [1.29, 1.82) is 0 Å². The zero-order chi connectivity index (χ0) is 22.9. The maximum absolute atomic E-state index is 13.0. The van der Waals surface area contributed by atoms with E-state index in [0.717, 1.165) is 11.1 Å². The van der Waals surface area contributed by atoms with Crippen LogP contribution in [0.15, 0.2) is 71.6 Å². The standard InChI is InChI=1S/C24H23N3O4S/c1-16-7-9-17(10-8-16)15-25-24(29)20-5-3-4-6-21(20)26-32(30,31)19-11-12-22-18(13-19)14-23(28)27(22)2/h3-13,26H,14-15H2,1-2H3,(H,25,29). The number of amides is 2. The second-order valence-electron chi connectivity index (χ2n) is 7.74. The van der Waals surface area contributed by atoms with Crippen LogP contribution in [-0.4, -0.2) is 27.3 Å². The molecule has 0 aliphatic carbocycles. The van der Waals surface area contributed by atoms with Gasteiger partial charge in [0.25, 0.3) is 15.9 Å². The summed E-state index contributed by atoms with van der Waals surface area (Å²) in [5.41, 5.74) is 3.83. The first kappa shape index (κ1) is 21.6. The van der Waals surface area contributed by atoms with Crippen LogP contribution in [0.25, 0.3) is 0 Å². The second-order valence-corrected chi connectivity index (χ2v) is 9.42. The number of likely N-dealkylation sites (N-methyl/N-ethyl adjacent to an activating group) is 1. The number of para-hydroxylation sites is 1. The minimum atomic E-state index is -3.96. The molecule has 1 aliphatic rings. The van der Waals surface area contributed by atoms with Crippen LogP contribution in [0, 0.1) is 6.92 Å². The molecule has 4 rings (SSSR count). The lowest BCUT2D eigenvalue weighted by Gasteiger charge is -2.14. The van der Waals surface area contributed by atoms with Gasteiger partial charge >= 0.3 is 0 Å². The summed E-state index contributed by atoms with van der Waals surface area (Å²) in [6.07, 6.45) is 0.160. The number of aryl methyl sites for hydroxylation is 1. The third kappa shape index (κ3) is 4.36. The number of carbonyl (C=O) groups is 2. The highest BCUT2D eigenvalue weighted by molar-refractivity contribution is 7.92. The Hall–Kier alpha value is -3.65. The lowest BCUT2D eigenvalue weighted by molar-refractivity contribution is -0.117. The zero-order valence-electron chi connectivity index (χ0n) is 17.8. The van der Waals surface area contributed by atoms with Gasteiger partial charge in [-0.3, -0.25) is 14.3 Å². The highest BCUT2D eigenvalue weighted by atomic mass is 32.2. The summed E-state index contributed by atoms with van der Waals surface area (Å²) in [6, 6.07) is 18.8. The number of nitrogens with one attached hydrogen (secondary N) is 2. The molecule has 3 aromatic carbocycles. The normalized spacial score (nSPS) is 13.1. The summed E-state index contributed by atoms with van der Waals surface area (Å²) in [4.78, 5) is 26.2. The molecule has 0 saturated heterocycles. The van der Waals surface area contributed by atoms with Gasteiger partial charge in [0.05, 0.1) is 22.6 Å². The molecular weight excluding hydrogens is 426 g/mol. The van der Waals surface area contributed by atoms with Crippen LogP contribution in [-0.2, 0) is 27.8 Å². The Morgan fingerprint density at radius 2 is 1.75 bits per heavy atom. The van der Waals surface area contributed by atoms with Crippen LogP contribution >= 0.6 is 0 Å². The molecule has 2 N–H and O–H groups in total. The van der Waals surface area contributed by atoms with Crippen molar-refractivity contribution in [1.82, 2.24) is 5.32 Å². The van der Waals surface area contributed by atoms with Gasteiger partial charge in [0, 0.05) is 19.3 Å². The summed E-state index contributed by atoms with van der Waals surface area (Å²) >= 11 is 0. The Kier molecular flexibility index (Phi) is 5.71. The maximum Gasteiger partial charge on any atom is 0.261 e. The van der Waals surface area contributed by atoms with Gasteiger partial charge in [-0.15, -0.1) is 0 Å². The summed E-state index contributed by atoms with van der Waals surface area (Å²) in [7, 11) is -2.30. The topological polar surface area (TPSA) is 95.6 Å². The number of benzene rings is 3. The first-order valence-corrected chi connectivity index (χ1v) is 11.6. The van der Waals surface area contributed by atoms with Crippen LogP contribution in [0.2, 0.25) is 0 Å². The highest BCUT2D eigenvalue weighted by Gasteiger charge is 2.26. The van der Waals surface area contributed by atoms with Crippen molar-refractivity contribution < 1.29 is 18.0 Å². The van der Waals surface area contributed by atoms with E-state index in [1.807, 2.05) is 31.2 Å². The molecule has 3 aromatic rings. The van der Waals surface area contributed by atoms with Gasteiger partial charge in [0.2, 0.25) is 5.91 Å². The number of hydrogen-bond acceptors (Lipinski definition) is 4. The molecule has 0 fully saturated rings. The molecule has 2 amide bonds. The van der Waals surface area contributed by atoms with Gasteiger partial charge in [0.1, 0.15) is 0 Å². The van der Waals surface area contributed by atoms with E-state index in [4.69, 9.17) is 0 Å². The molecule has 164 valence electrons. The van der Waals surface area contributed by atoms with Crippen LogP contribution < -0.4 is 14.9 Å². The molecule has 0 bridgehead atoms. The number of sulfonamides is 1. The van der Waals surface area contributed by atoms with E-state index in [9.17, 15) is 18.0 Å². The minimum absolute atomic E-state index is 0.0363. The van der Waals surface area contributed by atoms with Crippen molar-refractivity contribution in [2.75, 3.05) is 16.7 Å². The van der Waals surface area contributed by atoms with Crippen molar-refractivity contribution in [3.63, 3.8) is 0 Å². The Balaban J connectivity index is 1.53. The smallest absolute Gasteiger partial charge is 0.261 e. The monoisotopic (exact) mass is 449 g/mol. The molecule has 0 saturated carbocycles. The molecule has 0 atom stereocenters. The van der Waals surface area contributed by atoms with E-state index in [1.165, 1.54) is 17.0 Å². The molecule has 32 heavy (non-hydrogen) atoms. The first-order chi connectivity index (χ1) is 15.2. The maximum atomic E-state index is 13.0. The van der Waals surface area contributed by atoms with E-state index in [-0.39, 0.29) is 34.4 Å². The average molecular weight is 450 g/mol. The molecule has 0 aromatic heterocycles. The third-order valence-electron chi connectivity index (χ3n) is 5.43. The van der Waals surface area contributed by atoms with Gasteiger partial charge in [-0.05, 0) is 48.4 Å². The molecule has 0 radical (unpaired) electrons. The second kappa shape index (κ2) is 8.47. The molecule has 8 heteroatoms. The molecule has 0 unspecified atom stereocenters. The van der Waals surface area contributed by atoms with Crippen molar-refractivity contribution in [3.05, 3.63) is 89.0 Å². The fourth-order valence-electron chi connectivity index (χ4n) is 3.57. The lowest BCUT2D eigenvalue weighted by atomic mass is 10.1. The van der Waals surface area contributed by atoms with Gasteiger partial charge < -0.3 is 10.2 Å². The highest BCUT2D eigenvalue weighted by Crippen LogP contribution is 2.30. The lowest BCUT2D eigenvalue weighted by Crippen LogP contribution is -2.25. The van der Waals surface area contributed by atoms with Gasteiger partial charge in [-0.1, -0.05) is 42.0 Å². The fraction of sp³-hybridized carbons (Fsp3) is 0.167. The quantitative estimate of drug-likeness (QED) is 0.604. The fourth-order valence-corrected chi connectivity index (χ4v) is 4.70. The Morgan fingerprint density at radius 3 is 2.50 bits per heavy atom. The number of carbonyl (C=O) groups excluding carboxylic acids is 2. The van der Waals surface area contributed by atoms with Crippen LogP contribution in [0.1, 0.15) is 27.0 Å². The first-order valence-electron chi connectivity index (χ1n) is 10.1. The van der Waals surface area contributed by atoms with Crippen LogP contribution in [0.4, 0.5) is 11.4 Å². The summed E-state index contributed by atoms with van der Waals surface area (Å²) in [5, 5.41) is 2.83. The van der Waals surface area contributed by atoms with Crippen molar-refractivity contribution in [2.45, 2.75) is 24.8 Å². The van der Waals surface area contributed by atoms with E-state index in [2.05, 4.69) is 10.0 Å². The molecule has 7 nitrogen and oxygen atoms in total. The summed E-state index contributed by atoms with van der Waals surface area (Å²) in [5.74, 6) is -0.469. The Bertz CT molecular complexity index is 1300. The predicted molar refractivity (Wildman–Crippen MR) is 123 cm³/mol. The van der Waals surface area contributed by atoms with E-state index < -0.39 is 10.0 Å². The molecule has 0 spiro atoms. The molecular formula is C24H23N3O4S. The number of anilines is 2. The van der Waals surface area contributed by atoms with Crippen molar-refractivity contribution in [3.8, 4) is 0 Å². The summed E-state index contributed by atoms with van der Waals surface area (Å²) < 4.78 is 28.5. The van der Waals surface area contributed by atoms with E-state index in [1.54, 1.807) is 37.4 Å². The minimum Gasteiger partial charge on any atom is -0.348 e. The van der Waals surface area contributed by atoms with Crippen LogP contribution in [0.5, 0.6) is 0 Å². The van der Waals surface area contributed by atoms with Gasteiger partial charge in [0.15, 0.2) is 0 Å². The van der Waals surface area contributed by atoms with Crippen molar-refractivity contribution >= 4 is 33.2 Å². The van der Waals surface area contributed by atoms with E-state index >= 15 is 0 Å². The molecule has 1 aliphatic heterocycles. The van der Waals surface area contributed by atoms with Crippen molar-refractivity contribution in [2.24, 2.45) is 0 Å². The van der Waals surface area contributed by atoms with Gasteiger partial charge in [-0.25, -0.2) is 8.42 Å². The zero-order valence-corrected chi connectivity index (χ0v) is 18.6. The number of fused-ring (bicyclic) bond motifs is 1. The molecule has 1 heterocycles. The number of rotatable bonds is 6. The Labute approximate surface area is 187 Å². The van der Waals surface area contributed by atoms with Gasteiger partial charge in [-0.2, -0.15) is 0 Å². The van der Waals surface area contributed by atoms with Crippen LogP contribution in [0.3, 0.4) is 0 Å². The SMILES string of the molecule is Cc1ccc(CNC(=O)c2ccccc2NS(=O)(=O)c2ccc3c(c2)CC(=O)N3C)cc1. The number of nitrogens with zero attached hydrogens (tertiary/aromatic N) is 1. The number of hydrogen-bond donors (Lipinski definition) is 2.